The first-order chi connectivity index (χ1) is 8.46. The molecule has 0 unspecified atom stereocenters. The summed E-state index contributed by atoms with van der Waals surface area (Å²) in [6.45, 7) is 4.05. The van der Waals surface area contributed by atoms with Crippen LogP contribution in [0.15, 0.2) is 18.3 Å². The first kappa shape index (κ1) is 12.5. The van der Waals surface area contributed by atoms with Gasteiger partial charge in [0, 0.05) is 23.6 Å². The van der Waals surface area contributed by atoms with Gasteiger partial charge >= 0.3 is 0 Å². The zero-order chi connectivity index (χ0) is 13.3. The second kappa shape index (κ2) is 4.37. The van der Waals surface area contributed by atoms with Gasteiger partial charge in [-0.2, -0.15) is 0 Å². The minimum absolute atomic E-state index is 0.208. The number of nitrogens with two attached hydrogens (primary N) is 1. The van der Waals surface area contributed by atoms with Gasteiger partial charge in [0.05, 0.1) is 0 Å². The number of allylic oxidation sites excluding steroid dienone is 1. The van der Waals surface area contributed by atoms with Crippen LogP contribution in [-0.4, -0.2) is 16.9 Å². The van der Waals surface area contributed by atoms with E-state index in [2.05, 4.69) is 0 Å². The summed E-state index contributed by atoms with van der Waals surface area (Å²) in [4.78, 5) is 0. The van der Waals surface area contributed by atoms with Gasteiger partial charge in [-0.05, 0) is 44.4 Å². The molecule has 0 spiro atoms. The van der Waals surface area contributed by atoms with Crippen LogP contribution in [0.2, 0.25) is 0 Å². The van der Waals surface area contributed by atoms with E-state index in [4.69, 9.17) is 15.9 Å². The number of rotatable bonds is 2. The predicted octanol–water partition coefficient (Wildman–Crippen LogP) is 2.44. The summed E-state index contributed by atoms with van der Waals surface area (Å²) in [7, 11) is 0. The van der Waals surface area contributed by atoms with Crippen molar-refractivity contribution in [1.82, 2.24) is 0 Å². The number of hydrogen-bond acceptors (Lipinski definition) is 4. The first-order valence-corrected chi connectivity index (χ1v) is 5.94. The smallest absolute Gasteiger partial charge is 0.127 e. The van der Waals surface area contributed by atoms with Crippen molar-refractivity contribution >= 4 is 11.8 Å². The third kappa shape index (κ3) is 2.18. The largest absolute Gasteiger partial charge is 0.508 e. The zero-order valence-corrected chi connectivity index (χ0v) is 10.7. The van der Waals surface area contributed by atoms with E-state index >= 15 is 0 Å². The van der Waals surface area contributed by atoms with E-state index in [0.717, 1.165) is 24.6 Å². The van der Waals surface area contributed by atoms with E-state index in [0.29, 0.717) is 16.9 Å². The van der Waals surface area contributed by atoms with Crippen molar-refractivity contribution < 1.29 is 9.84 Å². The van der Waals surface area contributed by atoms with Gasteiger partial charge in [0.2, 0.25) is 0 Å². The number of nitrogens with one attached hydrogen (secondary N) is 1. The fraction of sp³-hybridized carbons (Fsp3) is 0.357. The molecule has 18 heavy (non-hydrogen) atoms. The van der Waals surface area contributed by atoms with Crippen molar-refractivity contribution in [3.63, 3.8) is 0 Å². The van der Waals surface area contributed by atoms with E-state index in [9.17, 15) is 5.11 Å². The number of hydrogen-bond donors (Lipinski definition) is 3. The number of phenols is 1. The molecule has 2 rings (SSSR count). The molecule has 4 nitrogen and oxygen atoms in total. The standard InChI is InChI=1S/C14H18N2O2/c1-14(2)4-3-11-12(17)5-9(6-13(11)18-14)10(7-15)8-16/h5-8,15,17H,3-4,16H2,1-2H3/b10-8+,15-7?. The highest BCUT2D eigenvalue weighted by Crippen LogP contribution is 2.39. The Morgan fingerprint density at radius 3 is 2.83 bits per heavy atom. The fourth-order valence-corrected chi connectivity index (χ4v) is 2.14. The lowest BCUT2D eigenvalue weighted by Crippen LogP contribution is -2.32. The normalized spacial score (nSPS) is 17.8. The van der Waals surface area contributed by atoms with Gasteiger partial charge in [-0.25, -0.2) is 0 Å². The Labute approximate surface area is 107 Å². The van der Waals surface area contributed by atoms with Gasteiger partial charge in [-0.3, -0.25) is 0 Å². The van der Waals surface area contributed by atoms with Gasteiger partial charge in [-0.1, -0.05) is 0 Å². The Morgan fingerprint density at radius 2 is 2.22 bits per heavy atom. The number of phenolic OH excluding ortho intramolecular Hbond substituents is 1. The molecule has 1 aliphatic heterocycles. The summed E-state index contributed by atoms with van der Waals surface area (Å²) >= 11 is 0. The zero-order valence-electron chi connectivity index (χ0n) is 10.7. The molecule has 0 bridgehead atoms. The van der Waals surface area contributed by atoms with Crippen LogP contribution >= 0.6 is 0 Å². The van der Waals surface area contributed by atoms with Crippen LogP contribution in [0.1, 0.15) is 31.4 Å². The summed E-state index contributed by atoms with van der Waals surface area (Å²) < 4.78 is 5.88. The molecule has 0 aromatic heterocycles. The molecular formula is C14H18N2O2. The van der Waals surface area contributed by atoms with E-state index in [-0.39, 0.29) is 11.4 Å². The molecular weight excluding hydrogens is 228 g/mol. The number of fused-ring (bicyclic) bond motifs is 1. The van der Waals surface area contributed by atoms with E-state index in [1.165, 1.54) is 6.20 Å². The topological polar surface area (TPSA) is 79.3 Å². The van der Waals surface area contributed by atoms with Crippen LogP contribution in [0, 0.1) is 5.41 Å². The fourth-order valence-electron chi connectivity index (χ4n) is 2.14. The summed E-state index contributed by atoms with van der Waals surface area (Å²) in [5.41, 5.74) is 7.32. The Kier molecular flexibility index (Phi) is 3.03. The molecule has 1 heterocycles. The Balaban J connectivity index is 2.51. The molecule has 0 aliphatic carbocycles. The van der Waals surface area contributed by atoms with Crippen molar-refractivity contribution in [2.24, 2.45) is 5.73 Å². The van der Waals surface area contributed by atoms with Crippen molar-refractivity contribution in [2.45, 2.75) is 32.3 Å². The average Bonchev–Trinajstić information content (AvgIpc) is 2.28. The molecule has 0 fully saturated rings. The maximum Gasteiger partial charge on any atom is 0.127 e. The molecule has 0 amide bonds. The lowest BCUT2D eigenvalue weighted by Gasteiger charge is -2.33. The van der Waals surface area contributed by atoms with Gasteiger partial charge in [-0.15, -0.1) is 0 Å². The van der Waals surface area contributed by atoms with E-state index in [1.54, 1.807) is 6.07 Å². The molecule has 1 aromatic rings. The molecule has 0 atom stereocenters. The summed E-state index contributed by atoms with van der Waals surface area (Å²) in [6, 6.07) is 3.46. The van der Waals surface area contributed by atoms with Crippen LogP contribution in [0.3, 0.4) is 0 Å². The minimum atomic E-state index is -0.227. The Morgan fingerprint density at radius 1 is 1.50 bits per heavy atom. The maximum absolute atomic E-state index is 10.0. The molecule has 4 heteroatoms. The average molecular weight is 246 g/mol. The number of aromatic hydroxyl groups is 1. The first-order valence-electron chi connectivity index (χ1n) is 5.94. The lowest BCUT2D eigenvalue weighted by atomic mass is 9.92. The third-order valence-corrected chi connectivity index (χ3v) is 3.22. The minimum Gasteiger partial charge on any atom is -0.508 e. The van der Waals surface area contributed by atoms with Crippen LogP contribution in [-0.2, 0) is 6.42 Å². The van der Waals surface area contributed by atoms with Crippen molar-refractivity contribution in [1.29, 1.82) is 5.41 Å². The summed E-state index contributed by atoms with van der Waals surface area (Å²) in [6.07, 6.45) is 4.18. The van der Waals surface area contributed by atoms with Crippen LogP contribution < -0.4 is 10.5 Å². The van der Waals surface area contributed by atoms with E-state index < -0.39 is 0 Å². The quantitative estimate of drug-likeness (QED) is 0.701. The highest BCUT2D eigenvalue weighted by Gasteiger charge is 2.28. The maximum atomic E-state index is 10.0. The Hall–Kier alpha value is -1.97. The second-order valence-electron chi connectivity index (χ2n) is 5.10. The molecule has 1 aliphatic rings. The number of ether oxygens (including phenoxy) is 1. The van der Waals surface area contributed by atoms with Crippen LogP contribution in [0.5, 0.6) is 11.5 Å². The monoisotopic (exact) mass is 246 g/mol. The highest BCUT2D eigenvalue weighted by atomic mass is 16.5. The third-order valence-electron chi connectivity index (χ3n) is 3.22. The Bertz CT molecular complexity index is 519. The molecule has 0 radical (unpaired) electrons. The molecule has 0 saturated heterocycles. The van der Waals surface area contributed by atoms with Crippen molar-refractivity contribution in [3.8, 4) is 11.5 Å². The van der Waals surface area contributed by atoms with Gasteiger partial charge in [0.15, 0.2) is 0 Å². The van der Waals surface area contributed by atoms with Crippen LogP contribution in [0.4, 0.5) is 0 Å². The predicted molar refractivity (Wildman–Crippen MR) is 72.1 cm³/mol. The summed E-state index contributed by atoms with van der Waals surface area (Å²) in [5.74, 6) is 0.890. The molecule has 1 aromatic carbocycles. The van der Waals surface area contributed by atoms with Crippen molar-refractivity contribution in [3.05, 3.63) is 29.5 Å². The van der Waals surface area contributed by atoms with Gasteiger partial charge in [0.25, 0.3) is 0 Å². The molecule has 0 saturated carbocycles. The van der Waals surface area contributed by atoms with Gasteiger partial charge < -0.3 is 21.0 Å². The molecule has 96 valence electrons. The number of benzene rings is 1. The van der Waals surface area contributed by atoms with Crippen LogP contribution in [0.25, 0.3) is 5.57 Å². The summed E-state index contributed by atoms with van der Waals surface area (Å²) in [5, 5.41) is 17.3. The van der Waals surface area contributed by atoms with Gasteiger partial charge in [0.1, 0.15) is 17.1 Å². The van der Waals surface area contributed by atoms with Crippen molar-refractivity contribution in [2.75, 3.05) is 0 Å². The SMILES string of the molecule is CC1(C)CCc2c(O)cc(/C(C=N)=C/N)cc2O1. The highest BCUT2D eigenvalue weighted by molar-refractivity contribution is 6.08. The van der Waals surface area contributed by atoms with E-state index in [1.807, 2.05) is 19.9 Å². The second-order valence-corrected chi connectivity index (χ2v) is 5.10. The lowest BCUT2D eigenvalue weighted by molar-refractivity contribution is 0.0837. The molecule has 4 N–H and O–H groups in total.